The summed E-state index contributed by atoms with van der Waals surface area (Å²) in [5, 5.41) is 10.9. The number of aryl methyl sites for hydroxylation is 1. The predicted octanol–water partition coefficient (Wildman–Crippen LogP) is 2.29. The van der Waals surface area contributed by atoms with Crippen molar-refractivity contribution in [3.8, 4) is 5.75 Å². The average Bonchev–Trinajstić information content (AvgIpc) is 2.68. The summed E-state index contributed by atoms with van der Waals surface area (Å²) in [6, 6.07) is 13.0. The van der Waals surface area contributed by atoms with Crippen LogP contribution in [0.3, 0.4) is 0 Å². The molecule has 0 spiro atoms. The fourth-order valence-corrected chi connectivity index (χ4v) is 4.56. The molecular formula is C19H23N3O5S. The summed E-state index contributed by atoms with van der Waals surface area (Å²) < 4.78 is 32.6. The fourth-order valence-electron chi connectivity index (χ4n) is 3.10. The third kappa shape index (κ3) is 4.86. The second kappa shape index (κ2) is 8.68. The molecule has 1 heterocycles. The predicted molar refractivity (Wildman–Crippen MR) is 105 cm³/mol. The SMILES string of the molecule is Cc1cccc(OCCN2CCN(S(=O)(=O)c3cccc([N+](=O)[O-])c3)CC2)c1. The number of nitrogens with zero attached hydrogens (tertiary/aromatic N) is 3. The van der Waals surface area contributed by atoms with Crippen molar-refractivity contribution < 1.29 is 18.1 Å². The van der Waals surface area contributed by atoms with Gasteiger partial charge >= 0.3 is 0 Å². The first-order chi connectivity index (χ1) is 13.4. The topological polar surface area (TPSA) is 93.0 Å². The van der Waals surface area contributed by atoms with E-state index >= 15 is 0 Å². The molecule has 0 unspecified atom stereocenters. The molecule has 0 saturated carbocycles. The summed E-state index contributed by atoms with van der Waals surface area (Å²) in [5.41, 5.74) is 0.908. The van der Waals surface area contributed by atoms with Crippen LogP contribution in [-0.2, 0) is 10.0 Å². The summed E-state index contributed by atoms with van der Waals surface area (Å²) in [5.74, 6) is 0.826. The van der Waals surface area contributed by atoms with Gasteiger partial charge < -0.3 is 4.74 Å². The standard InChI is InChI=1S/C19H23N3O5S/c1-16-4-2-6-18(14-16)27-13-12-20-8-10-21(11-9-20)28(25,26)19-7-3-5-17(15-19)22(23)24/h2-7,14-15H,8-13H2,1H3. The lowest BCUT2D eigenvalue weighted by molar-refractivity contribution is -0.385. The highest BCUT2D eigenvalue weighted by molar-refractivity contribution is 7.89. The summed E-state index contributed by atoms with van der Waals surface area (Å²) in [6.07, 6.45) is 0. The van der Waals surface area contributed by atoms with Crippen molar-refractivity contribution in [1.29, 1.82) is 0 Å². The number of hydrogen-bond acceptors (Lipinski definition) is 6. The Balaban J connectivity index is 1.53. The Morgan fingerprint density at radius 3 is 2.46 bits per heavy atom. The Morgan fingerprint density at radius 1 is 1.07 bits per heavy atom. The van der Waals surface area contributed by atoms with Crippen LogP contribution in [0.15, 0.2) is 53.4 Å². The van der Waals surface area contributed by atoms with Crippen molar-refractivity contribution >= 4 is 15.7 Å². The van der Waals surface area contributed by atoms with Gasteiger partial charge in [-0.2, -0.15) is 4.31 Å². The van der Waals surface area contributed by atoms with Crippen molar-refractivity contribution in [3.05, 3.63) is 64.2 Å². The number of rotatable bonds is 7. The van der Waals surface area contributed by atoms with Gasteiger partial charge in [-0.25, -0.2) is 8.42 Å². The Hall–Kier alpha value is -2.49. The van der Waals surface area contributed by atoms with Crippen molar-refractivity contribution in [1.82, 2.24) is 9.21 Å². The van der Waals surface area contributed by atoms with Gasteiger partial charge in [0.05, 0.1) is 9.82 Å². The van der Waals surface area contributed by atoms with E-state index in [1.54, 1.807) is 0 Å². The molecule has 150 valence electrons. The lowest BCUT2D eigenvalue weighted by Crippen LogP contribution is -2.49. The third-order valence-corrected chi connectivity index (χ3v) is 6.56. The first-order valence-electron chi connectivity index (χ1n) is 9.03. The molecular weight excluding hydrogens is 382 g/mol. The Labute approximate surface area is 164 Å². The molecule has 0 atom stereocenters. The number of nitro benzene ring substituents is 1. The zero-order valence-electron chi connectivity index (χ0n) is 15.7. The number of sulfonamides is 1. The largest absolute Gasteiger partial charge is 0.492 e. The number of ether oxygens (including phenoxy) is 1. The molecule has 0 radical (unpaired) electrons. The van der Waals surface area contributed by atoms with E-state index in [4.69, 9.17) is 4.74 Å². The number of non-ortho nitro benzene ring substituents is 1. The summed E-state index contributed by atoms with van der Waals surface area (Å²) in [6.45, 7) is 5.11. The van der Waals surface area contributed by atoms with E-state index in [1.807, 2.05) is 31.2 Å². The maximum absolute atomic E-state index is 12.8. The highest BCUT2D eigenvalue weighted by Crippen LogP contribution is 2.22. The molecule has 1 aliphatic rings. The number of nitro groups is 1. The third-order valence-electron chi connectivity index (χ3n) is 4.66. The lowest BCUT2D eigenvalue weighted by atomic mass is 10.2. The molecule has 0 aliphatic carbocycles. The van der Waals surface area contributed by atoms with Crippen molar-refractivity contribution in [2.75, 3.05) is 39.3 Å². The normalized spacial score (nSPS) is 16.0. The summed E-state index contributed by atoms with van der Waals surface area (Å²) in [4.78, 5) is 12.4. The van der Waals surface area contributed by atoms with Crippen LogP contribution in [0.5, 0.6) is 5.75 Å². The minimum atomic E-state index is -3.74. The molecule has 8 nitrogen and oxygen atoms in total. The average molecular weight is 405 g/mol. The van der Waals surface area contributed by atoms with Gasteiger partial charge in [-0.3, -0.25) is 15.0 Å². The van der Waals surface area contributed by atoms with Gasteiger partial charge in [0, 0.05) is 44.9 Å². The zero-order valence-corrected chi connectivity index (χ0v) is 16.5. The Bertz CT molecular complexity index is 940. The van der Waals surface area contributed by atoms with Crippen LogP contribution < -0.4 is 4.74 Å². The maximum atomic E-state index is 12.8. The molecule has 3 rings (SSSR count). The van der Waals surface area contributed by atoms with Gasteiger partial charge in [-0.15, -0.1) is 0 Å². The molecule has 1 aliphatic heterocycles. The van der Waals surface area contributed by atoms with Crippen molar-refractivity contribution in [2.45, 2.75) is 11.8 Å². The second-order valence-electron chi connectivity index (χ2n) is 6.67. The summed E-state index contributed by atoms with van der Waals surface area (Å²) >= 11 is 0. The van der Waals surface area contributed by atoms with E-state index in [2.05, 4.69) is 4.90 Å². The molecule has 0 bridgehead atoms. The van der Waals surface area contributed by atoms with Crippen LogP contribution in [0.25, 0.3) is 0 Å². The van der Waals surface area contributed by atoms with Gasteiger partial charge in [0.15, 0.2) is 0 Å². The first-order valence-corrected chi connectivity index (χ1v) is 10.5. The van der Waals surface area contributed by atoms with Gasteiger partial charge in [-0.05, 0) is 30.7 Å². The molecule has 0 N–H and O–H groups in total. The molecule has 2 aromatic rings. The Kier molecular flexibility index (Phi) is 6.28. The van der Waals surface area contributed by atoms with Gasteiger partial charge in [0.2, 0.25) is 10.0 Å². The first kappa shape index (κ1) is 20.2. The van der Waals surface area contributed by atoms with E-state index in [-0.39, 0.29) is 10.6 Å². The fraction of sp³-hybridized carbons (Fsp3) is 0.368. The second-order valence-corrected chi connectivity index (χ2v) is 8.60. The minimum Gasteiger partial charge on any atom is -0.492 e. The van der Waals surface area contributed by atoms with Crippen LogP contribution in [0.4, 0.5) is 5.69 Å². The summed E-state index contributed by atoms with van der Waals surface area (Å²) in [7, 11) is -3.74. The van der Waals surface area contributed by atoms with Crippen LogP contribution in [0.2, 0.25) is 0 Å². The number of hydrogen-bond donors (Lipinski definition) is 0. The molecule has 1 fully saturated rings. The van der Waals surface area contributed by atoms with Crippen molar-refractivity contribution in [2.24, 2.45) is 0 Å². The van der Waals surface area contributed by atoms with Crippen LogP contribution in [-0.4, -0.2) is 61.9 Å². The highest BCUT2D eigenvalue weighted by Gasteiger charge is 2.29. The van der Waals surface area contributed by atoms with Gasteiger partial charge in [0.25, 0.3) is 5.69 Å². The molecule has 0 aromatic heterocycles. The quantitative estimate of drug-likeness (QED) is 0.518. The van der Waals surface area contributed by atoms with Crippen LogP contribution in [0.1, 0.15) is 5.56 Å². The van der Waals surface area contributed by atoms with Crippen LogP contribution in [0, 0.1) is 17.0 Å². The van der Waals surface area contributed by atoms with Crippen molar-refractivity contribution in [3.63, 3.8) is 0 Å². The Morgan fingerprint density at radius 2 is 1.79 bits per heavy atom. The van der Waals surface area contributed by atoms with E-state index in [1.165, 1.54) is 22.5 Å². The molecule has 0 amide bonds. The number of benzene rings is 2. The number of piperazine rings is 1. The van der Waals surface area contributed by atoms with E-state index in [9.17, 15) is 18.5 Å². The van der Waals surface area contributed by atoms with Gasteiger partial charge in [0.1, 0.15) is 12.4 Å². The molecule has 28 heavy (non-hydrogen) atoms. The van der Waals surface area contributed by atoms with E-state index < -0.39 is 14.9 Å². The minimum absolute atomic E-state index is 0.0436. The van der Waals surface area contributed by atoms with Gasteiger partial charge in [-0.1, -0.05) is 18.2 Å². The highest BCUT2D eigenvalue weighted by atomic mass is 32.2. The monoisotopic (exact) mass is 405 g/mol. The molecule has 1 saturated heterocycles. The lowest BCUT2D eigenvalue weighted by Gasteiger charge is -2.33. The smallest absolute Gasteiger partial charge is 0.270 e. The zero-order chi connectivity index (χ0) is 20.1. The van der Waals surface area contributed by atoms with E-state index in [0.717, 1.165) is 17.4 Å². The molecule has 9 heteroatoms. The molecule has 2 aromatic carbocycles. The maximum Gasteiger partial charge on any atom is 0.270 e. The van der Waals surface area contributed by atoms with Crippen LogP contribution >= 0.6 is 0 Å². The van der Waals surface area contributed by atoms with E-state index in [0.29, 0.717) is 39.3 Å².